The molecule has 0 bridgehead atoms. The average Bonchev–Trinajstić information content (AvgIpc) is 2.92. The van der Waals surface area contributed by atoms with E-state index in [1.807, 2.05) is 32.0 Å². The number of ether oxygens (including phenoxy) is 2. The third-order valence-corrected chi connectivity index (χ3v) is 4.18. The fourth-order valence-corrected chi connectivity index (χ4v) is 2.78. The van der Waals surface area contributed by atoms with Crippen molar-refractivity contribution in [1.29, 1.82) is 0 Å². The molecule has 1 aliphatic rings. The van der Waals surface area contributed by atoms with E-state index in [2.05, 4.69) is 5.10 Å². The standard InChI is InChI=1S/C20H19ClN2O3/c1-4-26-18-10-5-14(12-19(18)25-3)11-17-13(2)22-23(20(17)24)16-8-6-15(21)7-9-16/h5-12H,4H2,1-3H3. The first-order chi connectivity index (χ1) is 12.5. The highest BCUT2D eigenvalue weighted by atomic mass is 35.5. The van der Waals surface area contributed by atoms with Crippen LogP contribution < -0.4 is 14.5 Å². The Bertz CT molecular complexity index is 888. The van der Waals surface area contributed by atoms with Crippen LogP contribution in [0.5, 0.6) is 11.5 Å². The number of hydrogen-bond acceptors (Lipinski definition) is 4. The molecule has 2 aromatic carbocycles. The van der Waals surface area contributed by atoms with Crippen molar-refractivity contribution >= 4 is 35.0 Å². The van der Waals surface area contributed by atoms with Gasteiger partial charge in [-0.2, -0.15) is 10.1 Å². The number of benzene rings is 2. The fraction of sp³-hybridized carbons (Fsp3) is 0.200. The van der Waals surface area contributed by atoms with Crippen molar-refractivity contribution in [2.75, 3.05) is 18.7 Å². The van der Waals surface area contributed by atoms with Crippen molar-refractivity contribution in [3.8, 4) is 11.5 Å². The Hall–Kier alpha value is -2.79. The van der Waals surface area contributed by atoms with Gasteiger partial charge in [-0.05, 0) is 61.9 Å². The maximum absolute atomic E-state index is 12.8. The largest absolute Gasteiger partial charge is 0.493 e. The number of rotatable bonds is 5. The number of carbonyl (C=O) groups is 1. The van der Waals surface area contributed by atoms with Crippen LogP contribution in [0.4, 0.5) is 5.69 Å². The molecule has 0 fully saturated rings. The molecule has 0 unspecified atom stereocenters. The molecule has 1 aliphatic heterocycles. The maximum Gasteiger partial charge on any atom is 0.280 e. The molecule has 0 aliphatic carbocycles. The van der Waals surface area contributed by atoms with Gasteiger partial charge in [-0.15, -0.1) is 0 Å². The lowest BCUT2D eigenvalue weighted by Gasteiger charge is -2.12. The number of amides is 1. The number of carbonyl (C=O) groups excluding carboxylic acids is 1. The molecular formula is C20H19ClN2O3. The number of nitrogens with zero attached hydrogens (tertiary/aromatic N) is 2. The third kappa shape index (κ3) is 3.58. The van der Waals surface area contributed by atoms with E-state index in [1.165, 1.54) is 5.01 Å². The van der Waals surface area contributed by atoms with Gasteiger partial charge in [-0.1, -0.05) is 17.7 Å². The van der Waals surface area contributed by atoms with Crippen molar-refractivity contribution < 1.29 is 14.3 Å². The van der Waals surface area contributed by atoms with E-state index in [0.717, 1.165) is 5.56 Å². The topological polar surface area (TPSA) is 51.1 Å². The maximum atomic E-state index is 12.8. The van der Waals surface area contributed by atoms with Crippen LogP contribution in [0.2, 0.25) is 5.02 Å². The summed E-state index contributed by atoms with van der Waals surface area (Å²) in [6.07, 6.45) is 1.80. The zero-order valence-electron chi connectivity index (χ0n) is 14.8. The Morgan fingerprint density at radius 3 is 2.54 bits per heavy atom. The molecule has 5 nitrogen and oxygen atoms in total. The Morgan fingerprint density at radius 2 is 1.88 bits per heavy atom. The quantitative estimate of drug-likeness (QED) is 0.725. The molecular weight excluding hydrogens is 352 g/mol. The van der Waals surface area contributed by atoms with E-state index in [0.29, 0.717) is 40.1 Å². The lowest BCUT2D eigenvalue weighted by Crippen LogP contribution is -2.21. The van der Waals surface area contributed by atoms with Crippen LogP contribution in [-0.2, 0) is 4.79 Å². The fourth-order valence-electron chi connectivity index (χ4n) is 2.66. The van der Waals surface area contributed by atoms with Gasteiger partial charge in [-0.25, -0.2) is 0 Å². The highest BCUT2D eigenvalue weighted by molar-refractivity contribution is 6.32. The summed E-state index contributed by atoms with van der Waals surface area (Å²) in [6, 6.07) is 12.5. The molecule has 0 aromatic heterocycles. The predicted molar refractivity (Wildman–Crippen MR) is 104 cm³/mol. The predicted octanol–water partition coefficient (Wildman–Crippen LogP) is 4.55. The van der Waals surface area contributed by atoms with Crippen LogP contribution in [-0.4, -0.2) is 25.3 Å². The number of anilines is 1. The summed E-state index contributed by atoms with van der Waals surface area (Å²) < 4.78 is 10.9. The summed E-state index contributed by atoms with van der Waals surface area (Å²) >= 11 is 5.91. The summed E-state index contributed by atoms with van der Waals surface area (Å²) in [5.41, 5.74) is 2.69. The van der Waals surface area contributed by atoms with Crippen LogP contribution in [0.1, 0.15) is 19.4 Å². The Balaban J connectivity index is 1.91. The summed E-state index contributed by atoms with van der Waals surface area (Å²) in [6.45, 7) is 4.28. The van der Waals surface area contributed by atoms with Crippen molar-refractivity contribution in [2.24, 2.45) is 5.10 Å². The number of hydrogen-bond donors (Lipinski definition) is 0. The van der Waals surface area contributed by atoms with Crippen LogP contribution in [0.3, 0.4) is 0 Å². The van der Waals surface area contributed by atoms with Gasteiger partial charge in [0.15, 0.2) is 11.5 Å². The van der Waals surface area contributed by atoms with Gasteiger partial charge < -0.3 is 9.47 Å². The number of methoxy groups -OCH3 is 1. The Kier molecular flexibility index (Phi) is 5.28. The monoisotopic (exact) mass is 370 g/mol. The van der Waals surface area contributed by atoms with E-state index >= 15 is 0 Å². The minimum atomic E-state index is -0.183. The van der Waals surface area contributed by atoms with Gasteiger partial charge in [-0.3, -0.25) is 4.79 Å². The molecule has 0 atom stereocenters. The molecule has 6 heteroatoms. The molecule has 134 valence electrons. The summed E-state index contributed by atoms with van der Waals surface area (Å²) in [7, 11) is 1.59. The molecule has 0 spiro atoms. The van der Waals surface area contributed by atoms with E-state index in [4.69, 9.17) is 21.1 Å². The molecule has 3 rings (SSSR count). The van der Waals surface area contributed by atoms with E-state index < -0.39 is 0 Å². The third-order valence-electron chi connectivity index (χ3n) is 3.93. The molecule has 2 aromatic rings. The van der Waals surface area contributed by atoms with E-state index in [-0.39, 0.29) is 5.91 Å². The highest BCUT2D eigenvalue weighted by Gasteiger charge is 2.28. The Morgan fingerprint density at radius 1 is 1.15 bits per heavy atom. The van der Waals surface area contributed by atoms with Crippen molar-refractivity contribution in [2.45, 2.75) is 13.8 Å². The highest BCUT2D eigenvalue weighted by Crippen LogP contribution is 2.30. The number of halogens is 1. The van der Waals surface area contributed by atoms with E-state index in [9.17, 15) is 4.79 Å². The van der Waals surface area contributed by atoms with Crippen LogP contribution in [0.15, 0.2) is 53.1 Å². The first kappa shape index (κ1) is 18.0. The van der Waals surface area contributed by atoms with Crippen LogP contribution in [0.25, 0.3) is 6.08 Å². The van der Waals surface area contributed by atoms with Gasteiger partial charge >= 0.3 is 0 Å². The first-order valence-corrected chi connectivity index (χ1v) is 8.59. The number of hydrazone groups is 1. The van der Waals surface area contributed by atoms with Gasteiger partial charge in [0.1, 0.15) is 0 Å². The minimum Gasteiger partial charge on any atom is -0.493 e. The smallest absolute Gasteiger partial charge is 0.280 e. The molecule has 0 radical (unpaired) electrons. The van der Waals surface area contributed by atoms with Crippen LogP contribution in [0, 0.1) is 0 Å². The van der Waals surface area contributed by atoms with Gasteiger partial charge in [0.2, 0.25) is 0 Å². The SMILES string of the molecule is CCOc1ccc(C=C2C(=O)N(c3ccc(Cl)cc3)N=C2C)cc1OC. The molecule has 0 N–H and O–H groups in total. The second-order valence-electron chi connectivity index (χ2n) is 5.68. The van der Waals surface area contributed by atoms with Crippen molar-refractivity contribution in [3.63, 3.8) is 0 Å². The second kappa shape index (κ2) is 7.62. The first-order valence-electron chi connectivity index (χ1n) is 8.21. The molecule has 26 heavy (non-hydrogen) atoms. The Labute approximate surface area is 157 Å². The lowest BCUT2D eigenvalue weighted by molar-refractivity contribution is -0.114. The van der Waals surface area contributed by atoms with Gasteiger partial charge in [0, 0.05) is 5.02 Å². The zero-order valence-corrected chi connectivity index (χ0v) is 15.6. The molecule has 1 amide bonds. The van der Waals surface area contributed by atoms with Gasteiger partial charge in [0.05, 0.1) is 30.7 Å². The van der Waals surface area contributed by atoms with Crippen molar-refractivity contribution in [1.82, 2.24) is 0 Å². The molecule has 0 saturated heterocycles. The lowest BCUT2D eigenvalue weighted by atomic mass is 10.1. The normalized spacial score (nSPS) is 15.4. The summed E-state index contributed by atoms with van der Waals surface area (Å²) in [4.78, 5) is 12.8. The van der Waals surface area contributed by atoms with Gasteiger partial charge in [0.25, 0.3) is 5.91 Å². The van der Waals surface area contributed by atoms with Crippen LogP contribution >= 0.6 is 11.6 Å². The summed E-state index contributed by atoms with van der Waals surface area (Å²) in [5, 5.41) is 6.36. The molecule has 1 heterocycles. The van der Waals surface area contributed by atoms with E-state index in [1.54, 1.807) is 37.5 Å². The summed E-state index contributed by atoms with van der Waals surface area (Å²) in [5.74, 6) is 1.11. The average molecular weight is 371 g/mol. The zero-order chi connectivity index (χ0) is 18.7. The van der Waals surface area contributed by atoms with Crippen molar-refractivity contribution in [3.05, 3.63) is 58.6 Å². The minimum absolute atomic E-state index is 0.183. The molecule has 0 saturated carbocycles. The second-order valence-corrected chi connectivity index (χ2v) is 6.12.